The van der Waals surface area contributed by atoms with Crippen molar-refractivity contribution in [3.8, 4) is 0 Å². The van der Waals surface area contributed by atoms with Crippen LogP contribution in [0.5, 0.6) is 0 Å². The quantitative estimate of drug-likeness (QED) is 0.688. The van der Waals surface area contributed by atoms with Crippen molar-refractivity contribution in [1.29, 1.82) is 0 Å². The lowest BCUT2D eigenvalue weighted by Crippen LogP contribution is -2.48. The van der Waals surface area contributed by atoms with E-state index in [-0.39, 0.29) is 24.8 Å². The van der Waals surface area contributed by atoms with E-state index in [9.17, 15) is 13.6 Å². The van der Waals surface area contributed by atoms with Crippen LogP contribution in [0.25, 0.3) is 0 Å². The molecular formula is C9H14F2N2O. The summed E-state index contributed by atoms with van der Waals surface area (Å²) in [6.07, 6.45) is 0.340. The van der Waals surface area contributed by atoms with Gasteiger partial charge in [-0.3, -0.25) is 4.79 Å². The molecule has 1 saturated carbocycles. The Morgan fingerprint density at radius 1 is 1.43 bits per heavy atom. The third-order valence-electron chi connectivity index (χ3n) is 2.87. The van der Waals surface area contributed by atoms with Gasteiger partial charge in [0.1, 0.15) is 0 Å². The van der Waals surface area contributed by atoms with Gasteiger partial charge in [-0.15, -0.1) is 0 Å². The van der Waals surface area contributed by atoms with E-state index in [0.29, 0.717) is 0 Å². The van der Waals surface area contributed by atoms with Crippen LogP contribution in [0, 0.1) is 5.92 Å². The summed E-state index contributed by atoms with van der Waals surface area (Å²) in [6, 6.07) is 0.136. The molecule has 5 heteroatoms. The zero-order chi connectivity index (χ0) is 10.2. The van der Waals surface area contributed by atoms with Crippen molar-refractivity contribution in [2.75, 3.05) is 13.1 Å². The van der Waals surface area contributed by atoms with Gasteiger partial charge < -0.3 is 10.6 Å². The second kappa shape index (κ2) is 3.46. The SMILES string of the molecule is O=C(NC1CCNC1)C1CC(F)(F)C1. The minimum absolute atomic E-state index is 0.136. The topological polar surface area (TPSA) is 41.1 Å². The monoisotopic (exact) mass is 204 g/mol. The molecule has 0 bridgehead atoms. The lowest BCUT2D eigenvalue weighted by atomic mass is 9.80. The molecule has 1 saturated heterocycles. The second-order valence-electron chi connectivity index (χ2n) is 4.16. The van der Waals surface area contributed by atoms with Crippen molar-refractivity contribution in [3.05, 3.63) is 0 Å². The normalized spacial score (nSPS) is 31.1. The molecule has 1 atom stereocenters. The number of carbonyl (C=O) groups excluding carboxylic acids is 1. The van der Waals surface area contributed by atoms with Crippen LogP contribution in [0.15, 0.2) is 0 Å². The van der Waals surface area contributed by atoms with Crippen LogP contribution in [0.3, 0.4) is 0 Å². The Balaban J connectivity index is 1.74. The molecule has 80 valence electrons. The van der Waals surface area contributed by atoms with E-state index in [1.54, 1.807) is 0 Å². The highest BCUT2D eigenvalue weighted by molar-refractivity contribution is 5.80. The molecule has 2 rings (SSSR count). The number of halogens is 2. The summed E-state index contributed by atoms with van der Waals surface area (Å²) in [5, 5.41) is 5.89. The van der Waals surface area contributed by atoms with Crippen LogP contribution in [0.2, 0.25) is 0 Å². The summed E-state index contributed by atoms with van der Waals surface area (Å²) < 4.78 is 24.9. The lowest BCUT2D eigenvalue weighted by Gasteiger charge is -2.34. The van der Waals surface area contributed by atoms with Gasteiger partial charge >= 0.3 is 0 Å². The first kappa shape index (κ1) is 9.83. The van der Waals surface area contributed by atoms with Crippen molar-refractivity contribution >= 4 is 5.91 Å². The second-order valence-corrected chi connectivity index (χ2v) is 4.16. The van der Waals surface area contributed by atoms with Gasteiger partial charge in [0.05, 0.1) is 0 Å². The standard InChI is InChI=1S/C9H14F2N2O/c10-9(11)3-6(4-9)8(14)13-7-1-2-12-5-7/h6-7,12H,1-5H2,(H,13,14). The summed E-state index contributed by atoms with van der Waals surface area (Å²) in [6.45, 7) is 1.65. The molecule has 1 amide bonds. The largest absolute Gasteiger partial charge is 0.352 e. The molecule has 14 heavy (non-hydrogen) atoms. The van der Waals surface area contributed by atoms with Crippen LogP contribution in [-0.4, -0.2) is 31.0 Å². The highest BCUT2D eigenvalue weighted by atomic mass is 19.3. The maximum atomic E-state index is 12.5. The molecule has 1 aliphatic heterocycles. The molecule has 1 heterocycles. The van der Waals surface area contributed by atoms with E-state index in [4.69, 9.17) is 0 Å². The zero-order valence-corrected chi connectivity index (χ0v) is 7.85. The van der Waals surface area contributed by atoms with Gasteiger partial charge in [-0.25, -0.2) is 8.78 Å². The first-order valence-corrected chi connectivity index (χ1v) is 4.96. The lowest BCUT2D eigenvalue weighted by molar-refractivity contribution is -0.150. The van der Waals surface area contributed by atoms with Crippen LogP contribution in [0.4, 0.5) is 8.78 Å². The average molecular weight is 204 g/mol. The number of hydrogen-bond donors (Lipinski definition) is 2. The van der Waals surface area contributed by atoms with E-state index < -0.39 is 11.8 Å². The molecule has 0 radical (unpaired) electrons. The Bertz CT molecular complexity index is 231. The summed E-state index contributed by atoms with van der Waals surface area (Å²) >= 11 is 0. The molecule has 1 unspecified atom stereocenters. The number of amides is 1. The van der Waals surface area contributed by atoms with Crippen molar-refractivity contribution in [3.63, 3.8) is 0 Å². The van der Waals surface area contributed by atoms with Crippen LogP contribution < -0.4 is 10.6 Å². The molecule has 2 aliphatic rings. The summed E-state index contributed by atoms with van der Waals surface area (Å²) in [5.41, 5.74) is 0. The molecule has 2 N–H and O–H groups in total. The molecule has 0 aromatic carbocycles. The van der Waals surface area contributed by atoms with Crippen LogP contribution >= 0.6 is 0 Å². The number of hydrogen-bond acceptors (Lipinski definition) is 2. The first-order valence-electron chi connectivity index (χ1n) is 4.96. The molecule has 0 aromatic heterocycles. The van der Waals surface area contributed by atoms with E-state index in [0.717, 1.165) is 19.5 Å². The highest BCUT2D eigenvalue weighted by Crippen LogP contribution is 2.42. The third kappa shape index (κ3) is 2.03. The van der Waals surface area contributed by atoms with Gasteiger partial charge in [0.25, 0.3) is 0 Å². The minimum atomic E-state index is -2.60. The summed E-state index contributed by atoms with van der Waals surface area (Å²) in [5.74, 6) is -3.27. The molecule has 2 fully saturated rings. The predicted molar refractivity (Wildman–Crippen MR) is 47.1 cm³/mol. The number of carbonyl (C=O) groups is 1. The van der Waals surface area contributed by atoms with E-state index in [1.165, 1.54) is 0 Å². The average Bonchev–Trinajstić information content (AvgIpc) is 2.52. The van der Waals surface area contributed by atoms with Crippen LogP contribution in [0.1, 0.15) is 19.3 Å². The maximum absolute atomic E-state index is 12.5. The number of alkyl halides is 2. The smallest absolute Gasteiger partial charge is 0.249 e. The molecule has 0 aromatic rings. The zero-order valence-electron chi connectivity index (χ0n) is 7.85. The summed E-state index contributed by atoms with van der Waals surface area (Å²) in [4.78, 5) is 11.4. The highest BCUT2D eigenvalue weighted by Gasteiger charge is 2.48. The van der Waals surface area contributed by atoms with E-state index in [1.807, 2.05) is 0 Å². The predicted octanol–water partition coefficient (Wildman–Crippen LogP) is 0.510. The number of nitrogens with one attached hydrogen (secondary N) is 2. The maximum Gasteiger partial charge on any atom is 0.249 e. The van der Waals surface area contributed by atoms with Gasteiger partial charge in [-0.1, -0.05) is 0 Å². The van der Waals surface area contributed by atoms with Gasteiger partial charge in [0.15, 0.2) is 0 Å². The van der Waals surface area contributed by atoms with Crippen molar-refractivity contribution < 1.29 is 13.6 Å². The van der Waals surface area contributed by atoms with Crippen molar-refractivity contribution in [1.82, 2.24) is 10.6 Å². The van der Waals surface area contributed by atoms with Gasteiger partial charge in [0.2, 0.25) is 11.8 Å². The van der Waals surface area contributed by atoms with Crippen LogP contribution in [-0.2, 0) is 4.79 Å². The van der Waals surface area contributed by atoms with E-state index in [2.05, 4.69) is 10.6 Å². The Morgan fingerprint density at radius 2 is 2.14 bits per heavy atom. The van der Waals surface area contributed by atoms with Gasteiger partial charge in [-0.05, 0) is 13.0 Å². The Morgan fingerprint density at radius 3 is 2.64 bits per heavy atom. The first-order chi connectivity index (χ1) is 6.57. The third-order valence-corrected chi connectivity index (χ3v) is 2.87. The molecule has 0 spiro atoms. The van der Waals surface area contributed by atoms with E-state index >= 15 is 0 Å². The Labute approximate surface area is 81.2 Å². The fraction of sp³-hybridized carbons (Fsp3) is 0.889. The van der Waals surface area contributed by atoms with Crippen molar-refractivity contribution in [2.24, 2.45) is 5.92 Å². The minimum Gasteiger partial charge on any atom is -0.352 e. The molecular weight excluding hydrogens is 190 g/mol. The van der Waals surface area contributed by atoms with Gasteiger partial charge in [0, 0.05) is 31.3 Å². The summed E-state index contributed by atoms with van der Waals surface area (Å²) in [7, 11) is 0. The van der Waals surface area contributed by atoms with Gasteiger partial charge in [-0.2, -0.15) is 0 Å². The molecule has 1 aliphatic carbocycles. The fourth-order valence-electron chi connectivity index (χ4n) is 1.94. The fourth-order valence-corrected chi connectivity index (χ4v) is 1.94. The van der Waals surface area contributed by atoms with Crippen molar-refractivity contribution in [2.45, 2.75) is 31.2 Å². The Hall–Kier alpha value is -0.710. The number of rotatable bonds is 2. The molecule has 3 nitrogen and oxygen atoms in total. The Kier molecular flexibility index (Phi) is 2.43.